The van der Waals surface area contributed by atoms with E-state index in [4.69, 9.17) is 4.42 Å². The van der Waals surface area contributed by atoms with E-state index in [0.717, 1.165) is 39.8 Å². The first-order valence-electron chi connectivity index (χ1n) is 5.77. The van der Waals surface area contributed by atoms with E-state index < -0.39 is 0 Å². The second kappa shape index (κ2) is 5.55. The van der Waals surface area contributed by atoms with E-state index in [1.165, 1.54) is 10.9 Å². The topological polar surface area (TPSA) is 25.2 Å². The predicted octanol–water partition coefficient (Wildman–Crippen LogP) is 4.63. The van der Waals surface area contributed by atoms with Gasteiger partial charge in [-0.15, -0.1) is 0 Å². The number of fused-ring (bicyclic) bond motifs is 1. The maximum Gasteiger partial charge on any atom is 0.148 e. The number of hydrogen-bond acceptors (Lipinski definition) is 2. The number of rotatable bonds is 4. The number of furan rings is 1. The van der Waals surface area contributed by atoms with Gasteiger partial charge in [0.15, 0.2) is 0 Å². The zero-order valence-electron chi connectivity index (χ0n) is 9.94. The molecule has 0 aliphatic carbocycles. The molecule has 0 amide bonds. The van der Waals surface area contributed by atoms with E-state index in [9.17, 15) is 0 Å². The average Bonchev–Trinajstić information content (AvgIpc) is 2.64. The van der Waals surface area contributed by atoms with Crippen molar-refractivity contribution in [3.8, 4) is 0 Å². The third kappa shape index (κ3) is 2.59. The van der Waals surface area contributed by atoms with Gasteiger partial charge in [-0.1, -0.05) is 29.8 Å². The van der Waals surface area contributed by atoms with Crippen molar-refractivity contribution in [2.45, 2.75) is 26.8 Å². The molecule has 1 aromatic carbocycles. The summed E-state index contributed by atoms with van der Waals surface area (Å²) in [5.41, 5.74) is 2.24. The third-order valence-corrected chi connectivity index (χ3v) is 3.83. The highest BCUT2D eigenvalue weighted by Crippen LogP contribution is 2.34. The lowest BCUT2D eigenvalue weighted by Gasteiger charge is -2.00. The summed E-state index contributed by atoms with van der Waals surface area (Å²) >= 11 is 7.07. The number of halogens is 2. The molecule has 92 valence electrons. The maximum absolute atomic E-state index is 5.95. The van der Waals surface area contributed by atoms with Crippen molar-refractivity contribution in [3.05, 3.63) is 32.4 Å². The Labute approximate surface area is 118 Å². The largest absolute Gasteiger partial charge is 0.458 e. The van der Waals surface area contributed by atoms with Crippen molar-refractivity contribution < 1.29 is 4.42 Å². The minimum absolute atomic E-state index is 0.790. The highest BCUT2D eigenvalue weighted by Gasteiger charge is 2.15. The van der Waals surface area contributed by atoms with Gasteiger partial charge in [-0.2, -0.15) is 0 Å². The molecule has 0 bridgehead atoms. The van der Waals surface area contributed by atoms with Crippen LogP contribution in [0, 0.1) is 0 Å². The molecule has 2 aromatic rings. The first-order valence-corrected chi connectivity index (χ1v) is 7.36. The van der Waals surface area contributed by atoms with Gasteiger partial charge in [-0.3, -0.25) is 0 Å². The molecule has 0 saturated heterocycles. The van der Waals surface area contributed by atoms with Crippen LogP contribution < -0.4 is 5.32 Å². The lowest BCUT2D eigenvalue weighted by molar-refractivity contribution is 0.513. The first kappa shape index (κ1) is 13.1. The summed E-state index contributed by atoms with van der Waals surface area (Å²) in [5.74, 6) is 1.04. The molecule has 1 heterocycles. The number of nitrogens with one attached hydrogen (secondary N) is 1. The van der Waals surface area contributed by atoms with Crippen LogP contribution in [-0.2, 0) is 13.0 Å². The second-order valence-electron chi connectivity index (χ2n) is 3.90. The molecule has 0 saturated carbocycles. The van der Waals surface area contributed by atoms with Crippen molar-refractivity contribution in [1.29, 1.82) is 0 Å². The highest BCUT2D eigenvalue weighted by molar-refractivity contribution is 9.11. The Morgan fingerprint density at radius 3 is 2.65 bits per heavy atom. The van der Waals surface area contributed by atoms with Crippen LogP contribution in [0.5, 0.6) is 0 Å². The van der Waals surface area contributed by atoms with E-state index >= 15 is 0 Å². The molecule has 0 spiro atoms. The molecule has 0 aliphatic heterocycles. The summed E-state index contributed by atoms with van der Waals surface area (Å²) in [5, 5.41) is 4.51. The van der Waals surface area contributed by atoms with Gasteiger partial charge in [0.1, 0.15) is 11.3 Å². The zero-order chi connectivity index (χ0) is 12.4. The molecule has 1 aromatic heterocycles. The molecule has 0 unspecified atom stereocenters. The SMILES string of the molecule is CCNCc1oc2c(Br)cc(Br)cc2c1CC. The Balaban J connectivity index is 2.58. The molecular weight excluding hydrogens is 346 g/mol. The third-order valence-electron chi connectivity index (χ3n) is 2.78. The Kier molecular flexibility index (Phi) is 4.28. The van der Waals surface area contributed by atoms with Gasteiger partial charge in [0.2, 0.25) is 0 Å². The Morgan fingerprint density at radius 2 is 2.00 bits per heavy atom. The molecule has 0 atom stereocenters. The Bertz CT molecular complexity index is 534. The number of aryl methyl sites for hydroxylation is 1. The summed E-state index contributed by atoms with van der Waals surface area (Å²) in [6, 6.07) is 4.14. The van der Waals surface area contributed by atoms with Crippen molar-refractivity contribution in [2.75, 3.05) is 6.54 Å². The van der Waals surface area contributed by atoms with Gasteiger partial charge < -0.3 is 9.73 Å². The molecule has 2 nitrogen and oxygen atoms in total. The molecule has 1 N–H and O–H groups in total. The van der Waals surface area contributed by atoms with Crippen LogP contribution in [0.15, 0.2) is 25.5 Å². The van der Waals surface area contributed by atoms with Crippen LogP contribution in [0.2, 0.25) is 0 Å². The van der Waals surface area contributed by atoms with Crippen LogP contribution in [0.4, 0.5) is 0 Å². The van der Waals surface area contributed by atoms with Crippen molar-refractivity contribution in [3.63, 3.8) is 0 Å². The van der Waals surface area contributed by atoms with Crippen molar-refractivity contribution in [1.82, 2.24) is 5.32 Å². The van der Waals surface area contributed by atoms with E-state index in [0.29, 0.717) is 0 Å². The molecular formula is C13H15Br2NO. The quantitative estimate of drug-likeness (QED) is 0.859. The van der Waals surface area contributed by atoms with Gasteiger partial charge in [0.25, 0.3) is 0 Å². The van der Waals surface area contributed by atoms with Crippen molar-refractivity contribution >= 4 is 42.8 Å². The van der Waals surface area contributed by atoms with Crippen LogP contribution in [-0.4, -0.2) is 6.54 Å². The Hall–Kier alpha value is -0.320. The molecule has 0 fully saturated rings. The molecule has 0 radical (unpaired) electrons. The lowest BCUT2D eigenvalue weighted by Crippen LogP contribution is -2.12. The molecule has 0 aliphatic rings. The van der Waals surface area contributed by atoms with Gasteiger partial charge in [0.05, 0.1) is 11.0 Å². The van der Waals surface area contributed by atoms with E-state index in [-0.39, 0.29) is 0 Å². The second-order valence-corrected chi connectivity index (χ2v) is 5.67. The van der Waals surface area contributed by atoms with E-state index in [2.05, 4.69) is 57.1 Å². The smallest absolute Gasteiger partial charge is 0.148 e. The van der Waals surface area contributed by atoms with Crippen LogP contribution in [0.25, 0.3) is 11.0 Å². The summed E-state index contributed by atoms with van der Waals surface area (Å²) in [7, 11) is 0. The van der Waals surface area contributed by atoms with Crippen LogP contribution >= 0.6 is 31.9 Å². The fourth-order valence-electron chi connectivity index (χ4n) is 1.99. The first-order chi connectivity index (χ1) is 8.17. The monoisotopic (exact) mass is 359 g/mol. The van der Waals surface area contributed by atoms with Crippen molar-refractivity contribution in [2.24, 2.45) is 0 Å². The summed E-state index contributed by atoms with van der Waals surface area (Å²) in [6.07, 6.45) is 0.983. The van der Waals surface area contributed by atoms with Gasteiger partial charge >= 0.3 is 0 Å². The maximum atomic E-state index is 5.95. The molecule has 2 rings (SSSR count). The van der Waals surface area contributed by atoms with E-state index in [1.54, 1.807) is 0 Å². The fraction of sp³-hybridized carbons (Fsp3) is 0.385. The summed E-state index contributed by atoms with van der Waals surface area (Å²) < 4.78 is 8.02. The summed E-state index contributed by atoms with van der Waals surface area (Å²) in [6.45, 7) is 6.00. The van der Waals surface area contributed by atoms with Crippen LogP contribution in [0.3, 0.4) is 0 Å². The van der Waals surface area contributed by atoms with Gasteiger partial charge in [0, 0.05) is 15.4 Å². The Morgan fingerprint density at radius 1 is 1.24 bits per heavy atom. The van der Waals surface area contributed by atoms with Crippen LogP contribution in [0.1, 0.15) is 25.2 Å². The summed E-state index contributed by atoms with van der Waals surface area (Å²) in [4.78, 5) is 0. The molecule has 4 heteroatoms. The average molecular weight is 361 g/mol. The predicted molar refractivity (Wildman–Crippen MR) is 78.4 cm³/mol. The lowest BCUT2D eigenvalue weighted by atomic mass is 10.1. The van der Waals surface area contributed by atoms with E-state index in [1.807, 2.05) is 6.07 Å². The number of benzene rings is 1. The fourth-order valence-corrected chi connectivity index (χ4v) is 3.30. The minimum atomic E-state index is 0.790. The normalized spacial score (nSPS) is 11.3. The van der Waals surface area contributed by atoms with Gasteiger partial charge in [-0.25, -0.2) is 0 Å². The minimum Gasteiger partial charge on any atom is -0.458 e. The van der Waals surface area contributed by atoms with Gasteiger partial charge in [-0.05, 0) is 41.0 Å². The highest BCUT2D eigenvalue weighted by atomic mass is 79.9. The zero-order valence-corrected chi connectivity index (χ0v) is 13.1. The number of hydrogen-bond donors (Lipinski definition) is 1. The standard InChI is InChI=1S/C13H15Br2NO/c1-3-9-10-5-8(14)6-11(15)13(10)17-12(9)7-16-4-2/h5-6,16H,3-4,7H2,1-2H3. The molecule has 17 heavy (non-hydrogen) atoms.